The maximum atomic E-state index is 4.46. The molecule has 1 aliphatic rings. The maximum Gasteiger partial charge on any atom is 0.0486 e. The van der Waals surface area contributed by atoms with Crippen LogP contribution in [0, 0.1) is 6.92 Å². The van der Waals surface area contributed by atoms with Gasteiger partial charge in [-0.25, -0.2) is 0 Å². The largest absolute Gasteiger partial charge is 0.367 e. The van der Waals surface area contributed by atoms with Gasteiger partial charge >= 0.3 is 0 Å². The predicted molar refractivity (Wildman–Crippen MR) is 123 cm³/mol. The highest BCUT2D eigenvalue weighted by Gasteiger charge is 2.23. The first kappa shape index (κ1) is 19.5. The Labute approximate surface area is 178 Å². The predicted octanol–water partition coefficient (Wildman–Crippen LogP) is 5.57. The van der Waals surface area contributed by atoms with Gasteiger partial charge in [0.1, 0.15) is 0 Å². The van der Waals surface area contributed by atoms with Gasteiger partial charge in [0.05, 0.1) is 0 Å². The molecule has 0 bridgehead atoms. The van der Waals surface area contributed by atoms with Crippen LogP contribution in [-0.4, -0.2) is 16.1 Å². The standard InChI is InChI=1S/C25H25N3.ClH/c1-19-11-12-20(17-26-19)13-16-28-24-10-6-5-9-22(24)23-18-27(15-14-25(23)28)21-7-3-2-4-8-21;/h2-12,17H,13-16,18H2,1H3;1H. The Morgan fingerprint density at radius 1 is 0.931 bits per heavy atom. The molecule has 29 heavy (non-hydrogen) atoms. The molecular formula is C25H26ClN3. The monoisotopic (exact) mass is 403 g/mol. The first-order valence-electron chi connectivity index (χ1n) is 10.1. The van der Waals surface area contributed by atoms with Gasteiger partial charge in [0, 0.05) is 65.8 Å². The summed E-state index contributed by atoms with van der Waals surface area (Å²) < 4.78 is 2.55. The molecule has 0 amide bonds. The van der Waals surface area contributed by atoms with E-state index >= 15 is 0 Å². The van der Waals surface area contributed by atoms with Gasteiger partial charge in [0.25, 0.3) is 0 Å². The first-order chi connectivity index (χ1) is 13.8. The van der Waals surface area contributed by atoms with E-state index in [1.807, 2.05) is 13.1 Å². The minimum atomic E-state index is 0. The highest BCUT2D eigenvalue weighted by Crippen LogP contribution is 2.33. The molecule has 0 atom stereocenters. The second-order valence-corrected chi connectivity index (χ2v) is 7.66. The fourth-order valence-corrected chi connectivity index (χ4v) is 4.40. The van der Waals surface area contributed by atoms with Crippen molar-refractivity contribution in [1.29, 1.82) is 0 Å². The fourth-order valence-electron chi connectivity index (χ4n) is 4.40. The number of hydrogen-bond donors (Lipinski definition) is 0. The summed E-state index contributed by atoms with van der Waals surface area (Å²) in [5.41, 5.74) is 8.06. The van der Waals surface area contributed by atoms with E-state index in [1.54, 1.807) is 0 Å². The van der Waals surface area contributed by atoms with Crippen LogP contribution in [0.3, 0.4) is 0 Å². The molecule has 3 nitrogen and oxygen atoms in total. The van der Waals surface area contributed by atoms with E-state index < -0.39 is 0 Å². The molecule has 0 fully saturated rings. The summed E-state index contributed by atoms with van der Waals surface area (Å²) in [6, 6.07) is 24.0. The lowest BCUT2D eigenvalue weighted by atomic mass is 10.0. The number of fused-ring (bicyclic) bond motifs is 3. The molecule has 0 N–H and O–H groups in total. The Kier molecular flexibility index (Phi) is 5.59. The van der Waals surface area contributed by atoms with Gasteiger partial charge in [-0.05, 0) is 43.2 Å². The quantitative estimate of drug-likeness (QED) is 0.444. The number of aromatic nitrogens is 2. The molecule has 0 spiro atoms. The molecule has 1 aliphatic heterocycles. The van der Waals surface area contributed by atoms with Gasteiger partial charge < -0.3 is 9.47 Å². The van der Waals surface area contributed by atoms with E-state index in [9.17, 15) is 0 Å². The molecule has 0 saturated heterocycles. The molecule has 2 aromatic carbocycles. The average molecular weight is 404 g/mol. The molecule has 148 valence electrons. The van der Waals surface area contributed by atoms with Crippen molar-refractivity contribution >= 4 is 29.0 Å². The minimum absolute atomic E-state index is 0. The smallest absolute Gasteiger partial charge is 0.0486 e. The third-order valence-electron chi connectivity index (χ3n) is 5.88. The van der Waals surface area contributed by atoms with E-state index in [0.717, 1.165) is 38.2 Å². The molecular weight excluding hydrogens is 378 g/mol. The Morgan fingerprint density at radius 3 is 2.52 bits per heavy atom. The normalized spacial score (nSPS) is 13.2. The second kappa shape index (κ2) is 8.30. The van der Waals surface area contributed by atoms with Crippen LogP contribution in [0.25, 0.3) is 10.9 Å². The van der Waals surface area contributed by atoms with E-state index in [0.29, 0.717) is 0 Å². The number of halogens is 1. The van der Waals surface area contributed by atoms with Gasteiger partial charge in [0.15, 0.2) is 0 Å². The van der Waals surface area contributed by atoms with Crippen molar-refractivity contribution in [2.45, 2.75) is 32.9 Å². The van der Waals surface area contributed by atoms with Crippen LogP contribution in [0.2, 0.25) is 0 Å². The Balaban J connectivity index is 0.00000205. The van der Waals surface area contributed by atoms with E-state index in [2.05, 4.69) is 81.2 Å². The molecule has 3 heterocycles. The van der Waals surface area contributed by atoms with Gasteiger partial charge in [-0.3, -0.25) is 4.98 Å². The van der Waals surface area contributed by atoms with E-state index in [4.69, 9.17) is 0 Å². The van der Waals surface area contributed by atoms with Crippen LogP contribution < -0.4 is 4.90 Å². The Hall–Kier alpha value is -2.78. The van der Waals surface area contributed by atoms with Gasteiger partial charge in [-0.2, -0.15) is 0 Å². The van der Waals surface area contributed by atoms with Crippen molar-refractivity contribution in [3.05, 3.63) is 95.4 Å². The number of nitrogens with zero attached hydrogens (tertiary/aromatic N) is 3. The number of hydrogen-bond acceptors (Lipinski definition) is 2. The van der Waals surface area contributed by atoms with E-state index in [-0.39, 0.29) is 12.4 Å². The second-order valence-electron chi connectivity index (χ2n) is 7.66. The first-order valence-corrected chi connectivity index (χ1v) is 10.1. The van der Waals surface area contributed by atoms with Crippen molar-refractivity contribution in [3.63, 3.8) is 0 Å². The number of anilines is 1. The third kappa shape index (κ3) is 3.75. The third-order valence-corrected chi connectivity index (χ3v) is 5.88. The summed E-state index contributed by atoms with van der Waals surface area (Å²) in [5, 5.41) is 1.40. The van der Waals surface area contributed by atoms with Crippen molar-refractivity contribution in [2.75, 3.05) is 11.4 Å². The van der Waals surface area contributed by atoms with Crippen molar-refractivity contribution in [3.8, 4) is 0 Å². The van der Waals surface area contributed by atoms with Gasteiger partial charge in [-0.1, -0.05) is 42.5 Å². The average Bonchev–Trinajstić information content (AvgIpc) is 3.07. The van der Waals surface area contributed by atoms with Crippen LogP contribution >= 0.6 is 12.4 Å². The summed E-state index contributed by atoms with van der Waals surface area (Å²) in [6.45, 7) is 5.10. The molecule has 0 saturated carbocycles. The Morgan fingerprint density at radius 2 is 1.72 bits per heavy atom. The lowest BCUT2D eigenvalue weighted by molar-refractivity contribution is 0.636. The molecule has 2 aromatic heterocycles. The Bertz CT molecular complexity index is 1100. The van der Waals surface area contributed by atoms with Crippen LogP contribution in [0.4, 0.5) is 5.69 Å². The van der Waals surface area contributed by atoms with Gasteiger partial charge in [-0.15, -0.1) is 12.4 Å². The number of aryl methyl sites for hydroxylation is 3. The highest BCUT2D eigenvalue weighted by molar-refractivity contribution is 5.86. The molecule has 5 rings (SSSR count). The van der Waals surface area contributed by atoms with E-state index in [1.165, 1.54) is 33.4 Å². The highest BCUT2D eigenvalue weighted by atomic mass is 35.5. The fraction of sp³-hybridized carbons (Fsp3) is 0.240. The van der Waals surface area contributed by atoms with Crippen LogP contribution in [0.15, 0.2) is 72.9 Å². The number of para-hydroxylation sites is 2. The number of pyridine rings is 1. The molecule has 4 aromatic rings. The zero-order valence-electron chi connectivity index (χ0n) is 16.7. The zero-order valence-corrected chi connectivity index (χ0v) is 17.5. The molecule has 0 radical (unpaired) electrons. The maximum absolute atomic E-state index is 4.46. The molecule has 0 aliphatic carbocycles. The summed E-state index contributed by atoms with van der Waals surface area (Å²) >= 11 is 0. The van der Waals surface area contributed by atoms with Crippen molar-refractivity contribution < 1.29 is 0 Å². The lowest BCUT2D eigenvalue weighted by Crippen LogP contribution is -2.31. The van der Waals surface area contributed by atoms with Crippen LogP contribution in [-0.2, 0) is 25.9 Å². The van der Waals surface area contributed by atoms with Gasteiger partial charge in [0.2, 0.25) is 0 Å². The molecule has 0 unspecified atom stereocenters. The number of rotatable bonds is 4. The minimum Gasteiger partial charge on any atom is -0.367 e. The van der Waals surface area contributed by atoms with Crippen molar-refractivity contribution in [1.82, 2.24) is 9.55 Å². The molecule has 4 heteroatoms. The van der Waals surface area contributed by atoms with Crippen LogP contribution in [0.5, 0.6) is 0 Å². The topological polar surface area (TPSA) is 21.1 Å². The SMILES string of the molecule is Cc1ccc(CCn2c3c(c4ccccc42)CN(c2ccccc2)CC3)cn1.Cl. The number of benzene rings is 2. The van der Waals surface area contributed by atoms with Crippen LogP contribution in [0.1, 0.15) is 22.5 Å². The summed E-state index contributed by atoms with van der Waals surface area (Å²) in [4.78, 5) is 6.96. The zero-order chi connectivity index (χ0) is 18.9. The summed E-state index contributed by atoms with van der Waals surface area (Å²) in [5.74, 6) is 0. The summed E-state index contributed by atoms with van der Waals surface area (Å²) in [7, 11) is 0. The summed E-state index contributed by atoms with van der Waals surface area (Å²) in [6.07, 6.45) is 4.12. The lowest BCUT2D eigenvalue weighted by Gasteiger charge is -2.30. The van der Waals surface area contributed by atoms with Crippen molar-refractivity contribution in [2.24, 2.45) is 0 Å².